The topological polar surface area (TPSA) is 140 Å². The highest BCUT2D eigenvalue weighted by Crippen LogP contribution is 2.29. The van der Waals surface area contributed by atoms with Gasteiger partial charge in [-0.2, -0.15) is 0 Å². The number of aromatic nitrogens is 3. The summed E-state index contributed by atoms with van der Waals surface area (Å²) < 4.78 is 27.7. The zero-order chi connectivity index (χ0) is 23.6. The monoisotopic (exact) mass is 482 g/mol. The van der Waals surface area contributed by atoms with E-state index in [9.17, 15) is 18.5 Å². The van der Waals surface area contributed by atoms with Crippen LogP contribution in [0, 0.1) is 24.0 Å². The molecule has 2 aromatic heterocycles. The average molecular weight is 483 g/mol. The third-order valence-electron chi connectivity index (χ3n) is 4.48. The summed E-state index contributed by atoms with van der Waals surface area (Å²) in [5.41, 5.74) is 3.18. The Balaban J connectivity index is 1.48. The fraction of sp³-hybridized carbons (Fsp3) is 0.0952. The second kappa shape index (κ2) is 8.92. The molecule has 0 bridgehead atoms. The lowest BCUT2D eigenvalue weighted by atomic mass is 10.1. The predicted octanol–water partition coefficient (Wildman–Crippen LogP) is 4.67. The number of benzene rings is 2. The maximum atomic E-state index is 12.7. The van der Waals surface area contributed by atoms with Crippen molar-refractivity contribution in [2.24, 2.45) is 0 Å². The molecule has 0 aliphatic rings. The van der Waals surface area contributed by atoms with E-state index in [1.54, 1.807) is 49.6 Å². The van der Waals surface area contributed by atoms with Gasteiger partial charge < -0.3 is 5.32 Å². The molecule has 0 aliphatic heterocycles. The first kappa shape index (κ1) is 22.3. The Morgan fingerprint density at radius 2 is 1.67 bits per heavy atom. The molecule has 2 aromatic carbocycles. The summed E-state index contributed by atoms with van der Waals surface area (Å²) in [6, 6.07) is 14.1. The maximum Gasteiger partial charge on any atom is 0.270 e. The molecule has 0 spiro atoms. The van der Waals surface area contributed by atoms with Crippen molar-refractivity contribution in [1.82, 2.24) is 15.0 Å². The van der Waals surface area contributed by atoms with Crippen molar-refractivity contribution in [3.05, 3.63) is 81.5 Å². The fourth-order valence-corrected chi connectivity index (χ4v) is 4.72. The molecule has 4 rings (SSSR count). The summed E-state index contributed by atoms with van der Waals surface area (Å²) in [6.45, 7) is 3.52. The summed E-state index contributed by atoms with van der Waals surface area (Å²) >= 11 is 1.33. The standard InChI is InChI=1S/C21H18N6O4S2/c1-13-10-14(2)23-20(22-13)26-33(30,31)18-8-6-16(7-9-18)24-21-25-19(12-32-21)15-4-3-5-17(11-15)27(28)29/h3-12H,1-2H3,(H,24,25)(H,22,23,26). The van der Waals surface area contributed by atoms with Gasteiger partial charge in [-0.25, -0.2) is 28.1 Å². The number of nitro groups is 1. The van der Waals surface area contributed by atoms with Crippen LogP contribution in [0.5, 0.6) is 0 Å². The van der Waals surface area contributed by atoms with E-state index < -0.39 is 14.9 Å². The SMILES string of the molecule is Cc1cc(C)nc(NS(=O)(=O)c2ccc(Nc3nc(-c4cccc([N+](=O)[O-])c4)cs3)cc2)n1. The van der Waals surface area contributed by atoms with Crippen LogP contribution in [-0.4, -0.2) is 28.3 Å². The number of thiazole rings is 1. The largest absolute Gasteiger partial charge is 0.332 e. The highest BCUT2D eigenvalue weighted by Gasteiger charge is 2.16. The Bertz CT molecular complexity index is 1420. The number of aryl methyl sites for hydroxylation is 2. The minimum absolute atomic E-state index is 0.00774. The van der Waals surface area contributed by atoms with E-state index in [0.29, 0.717) is 33.5 Å². The Hall–Kier alpha value is -3.90. The van der Waals surface area contributed by atoms with Gasteiger partial charge in [0.15, 0.2) is 5.13 Å². The maximum absolute atomic E-state index is 12.7. The number of rotatable bonds is 7. The highest BCUT2D eigenvalue weighted by atomic mass is 32.2. The summed E-state index contributed by atoms with van der Waals surface area (Å²) in [4.78, 5) is 23.3. The second-order valence-corrected chi connectivity index (χ2v) is 9.62. The van der Waals surface area contributed by atoms with Crippen LogP contribution < -0.4 is 10.0 Å². The fourth-order valence-electron chi connectivity index (χ4n) is 3.03. The molecule has 0 unspecified atom stereocenters. The third kappa shape index (κ3) is 5.30. The number of hydrogen-bond donors (Lipinski definition) is 2. The van der Waals surface area contributed by atoms with Crippen molar-refractivity contribution in [3.63, 3.8) is 0 Å². The summed E-state index contributed by atoms with van der Waals surface area (Å²) in [6.07, 6.45) is 0. The molecule has 4 aromatic rings. The van der Waals surface area contributed by atoms with Gasteiger partial charge in [0.25, 0.3) is 15.7 Å². The van der Waals surface area contributed by atoms with E-state index in [1.807, 2.05) is 0 Å². The molecule has 2 heterocycles. The van der Waals surface area contributed by atoms with Crippen LogP contribution in [0.25, 0.3) is 11.3 Å². The molecule has 0 atom stereocenters. The second-order valence-electron chi connectivity index (χ2n) is 7.07. The number of nitrogens with zero attached hydrogens (tertiary/aromatic N) is 4. The van der Waals surface area contributed by atoms with Crippen LogP contribution in [0.1, 0.15) is 11.4 Å². The van der Waals surface area contributed by atoms with Crippen LogP contribution in [0.2, 0.25) is 0 Å². The smallest absolute Gasteiger partial charge is 0.270 e. The van der Waals surface area contributed by atoms with Crippen molar-refractivity contribution in [2.75, 3.05) is 10.0 Å². The van der Waals surface area contributed by atoms with E-state index in [4.69, 9.17) is 0 Å². The molecule has 0 radical (unpaired) electrons. The molecule has 10 nitrogen and oxygen atoms in total. The lowest BCUT2D eigenvalue weighted by Crippen LogP contribution is -2.15. The Labute approximate surface area is 193 Å². The van der Waals surface area contributed by atoms with Gasteiger partial charge in [-0.15, -0.1) is 11.3 Å². The first-order valence-electron chi connectivity index (χ1n) is 9.62. The number of nitrogens with one attached hydrogen (secondary N) is 2. The molecular weight excluding hydrogens is 464 g/mol. The zero-order valence-corrected chi connectivity index (χ0v) is 19.1. The molecule has 0 saturated heterocycles. The molecule has 168 valence electrons. The Kier molecular flexibility index (Phi) is 6.03. The van der Waals surface area contributed by atoms with Gasteiger partial charge >= 0.3 is 0 Å². The van der Waals surface area contributed by atoms with E-state index in [1.165, 1.54) is 35.6 Å². The van der Waals surface area contributed by atoms with Gasteiger partial charge in [0.05, 0.1) is 15.5 Å². The molecule has 0 saturated carbocycles. The quantitative estimate of drug-likeness (QED) is 0.286. The third-order valence-corrected chi connectivity index (χ3v) is 6.58. The zero-order valence-electron chi connectivity index (χ0n) is 17.5. The van der Waals surface area contributed by atoms with Gasteiger partial charge in [0.1, 0.15) is 0 Å². The van der Waals surface area contributed by atoms with Gasteiger partial charge in [-0.1, -0.05) is 12.1 Å². The molecular formula is C21H18N6O4S2. The molecule has 0 fully saturated rings. The number of anilines is 3. The van der Waals surface area contributed by atoms with Crippen molar-refractivity contribution in [3.8, 4) is 11.3 Å². The lowest BCUT2D eigenvalue weighted by Gasteiger charge is -2.09. The van der Waals surface area contributed by atoms with Crippen LogP contribution in [-0.2, 0) is 10.0 Å². The summed E-state index contributed by atoms with van der Waals surface area (Å²) in [7, 11) is -3.85. The molecule has 2 N–H and O–H groups in total. The molecule has 0 amide bonds. The van der Waals surface area contributed by atoms with Gasteiger partial charge in [-0.05, 0) is 44.2 Å². The van der Waals surface area contributed by atoms with Gasteiger partial charge in [-0.3, -0.25) is 10.1 Å². The van der Waals surface area contributed by atoms with Gasteiger partial charge in [0.2, 0.25) is 5.95 Å². The molecule has 33 heavy (non-hydrogen) atoms. The van der Waals surface area contributed by atoms with Crippen LogP contribution in [0.3, 0.4) is 0 Å². The van der Waals surface area contributed by atoms with E-state index >= 15 is 0 Å². The van der Waals surface area contributed by atoms with E-state index in [-0.39, 0.29) is 16.5 Å². The number of sulfonamides is 1. The van der Waals surface area contributed by atoms with E-state index in [2.05, 4.69) is 25.0 Å². The van der Waals surface area contributed by atoms with Crippen LogP contribution >= 0.6 is 11.3 Å². The van der Waals surface area contributed by atoms with Crippen molar-refractivity contribution >= 4 is 43.8 Å². The summed E-state index contributed by atoms with van der Waals surface area (Å²) in [5.74, 6) is 0.0196. The molecule has 0 aliphatic carbocycles. The Morgan fingerprint density at radius 1 is 0.970 bits per heavy atom. The number of nitro benzene ring substituents is 1. The van der Waals surface area contributed by atoms with E-state index in [0.717, 1.165) is 0 Å². The van der Waals surface area contributed by atoms with Gasteiger partial charge in [0, 0.05) is 40.2 Å². The Morgan fingerprint density at radius 3 is 2.33 bits per heavy atom. The minimum atomic E-state index is -3.85. The number of hydrogen-bond acceptors (Lipinski definition) is 9. The van der Waals surface area contributed by atoms with Crippen LogP contribution in [0.4, 0.5) is 22.5 Å². The first-order chi connectivity index (χ1) is 15.7. The predicted molar refractivity (Wildman–Crippen MR) is 126 cm³/mol. The van der Waals surface area contributed by atoms with Crippen LogP contribution in [0.15, 0.2) is 64.9 Å². The minimum Gasteiger partial charge on any atom is -0.332 e. The lowest BCUT2D eigenvalue weighted by molar-refractivity contribution is -0.384. The summed E-state index contributed by atoms with van der Waals surface area (Å²) in [5, 5.41) is 16.4. The normalized spacial score (nSPS) is 11.2. The molecule has 12 heteroatoms. The van der Waals surface area contributed by atoms with Crippen molar-refractivity contribution in [2.45, 2.75) is 18.7 Å². The van der Waals surface area contributed by atoms with Crippen molar-refractivity contribution in [1.29, 1.82) is 0 Å². The average Bonchev–Trinajstić information content (AvgIpc) is 3.21. The first-order valence-corrected chi connectivity index (χ1v) is 12.0. The highest BCUT2D eigenvalue weighted by molar-refractivity contribution is 7.92. The van der Waals surface area contributed by atoms with Crippen molar-refractivity contribution < 1.29 is 13.3 Å². The number of non-ortho nitro benzene ring substituents is 1.